The van der Waals surface area contributed by atoms with Crippen LogP contribution in [0.3, 0.4) is 0 Å². The van der Waals surface area contributed by atoms with Gasteiger partial charge in [0.15, 0.2) is 11.4 Å². The molecular weight excluding hydrogens is 346 g/mol. The molecular formula is C21H27NO5. The minimum atomic E-state index is -0.983. The van der Waals surface area contributed by atoms with Crippen molar-refractivity contribution < 1.29 is 23.9 Å². The van der Waals surface area contributed by atoms with Gasteiger partial charge < -0.3 is 14.8 Å². The molecule has 0 aliphatic rings. The minimum absolute atomic E-state index is 0.142. The van der Waals surface area contributed by atoms with Crippen LogP contribution in [-0.2, 0) is 19.1 Å². The van der Waals surface area contributed by atoms with E-state index in [4.69, 9.17) is 4.74 Å². The molecule has 0 aliphatic heterocycles. The predicted octanol–water partition coefficient (Wildman–Crippen LogP) is 2.52. The van der Waals surface area contributed by atoms with E-state index in [1.165, 1.54) is 14.0 Å². The van der Waals surface area contributed by atoms with Crippen molar-refractivity contribution in [2.75, 3.05) is 13.7 Å². The molecule has 27 heavy (non-hydrogen) atoms. The van der Waals surface area contributed by atoms with E-state index in [-0.39, 0.29) is 18.1 Å². The molecule has 0 spiro atoms. The van der Waals surface area contributed by atoms with Gasteiger partial charge in [-0.3, -0.25) is 9.59 Å². The normalized spacial score (nSPS) is 11.7. The van der Waals surface area contributed by atoms with Crippen molar-refractivity contribution in [3.05, 3.63) is 35.9 Å². The zero-order chi connectivity index (χ0) is 20.3. The SMILES string of the molecule is COC(=O)C(C)(C)OCCCC#CCC(NC(=O)c1ccccc1)C(C)=O. The Balaban J connectivity index is 2.40. The van der Waals surface area contributed by atoms with Gasteiger partial charge in [-0.1, -0.05) is 18.2 Å². The monoisotopic (exact) mass is 373 g/mol. The van der Waals surface area contributed by atoms with E-state index in [9.17, 15) is 14.4 Å². The molecule has 0 aromatic heterocycles. The molecule has 1 atom stereocenters. The molecule has 1 N–H and O–H groups in total. The lowest BCUT2D eigenvalue weighted by atomic mass is 10.1. The number of ether oxygens (including phenoxy) is 2. The van der Waals surface area contributed by atoms with Crippen LogP contribution in [0.2, 0.25) is 0 Å². The molecule has 0 fully saturated rings. The van der Waals surface area contributed by atoms with Gasteiger partial charge in [0, 0.05) is 25.0 Å². The number of Topliss-reactive ketones (excluding diaryl/α,β-unsaturated/α-hetero) is 1. The van der Waals surface area contributed by atoms with Crippen LogP contribution in [0.4, 0.5) is 0 Å². The number of rotatable bonds is 9. The predicted molar refractivity (Wildman–Crippen MR) is 102 cm³/mol. The van der Waals surface area contributed by atoms with Gasteiger partial charge in [0.25, 0.3) is 5.91 Å². The minimum Gasteiger partial charge on any atom is -0.467 e. The Labute approximate surface area is 160 Å². The first kappa shape index (κ1) is 22.4. The van der Waals surface area contributed by atoms with Gasteiger partial charge in [-0.2, -0.15) is 0 Å². The molecule has 0 radical (unpaired) electrons. The van der Waals surface area contributed by atoms with Gasteiger partial charge in [0.2, 0.25) is 0 Å². The number of amides is 1. The summed E-state index contributed by atoms with van der Waals surface area (Å²) in [6.07, 6.45) is 1.46. The molecule has 6 nitrogen and oxygen atoms in total. The average Bonchev–Trinajstić information content (AvgIpc) is 2.65. The van der Waals surface area contributed by atoms with E-state index in [0.29, 0.717) is 25.0 Å². The number of carbonyl (C=O) groups excluding carboxylic acids is 3. The maximum absolute atomic E-state index is 12.1. The molecule has 146 valence electrons. The van der Waals surface area contributed by atoms with E-state index in [1.807, 2.05) is 6.07 Å². The topological polar surface area (TPSA) is 81.7 Å². The summed E-state index contributed by atoms with van der Waals surface area (Å²) in [5.41, 5.74) is -0.481. The number of esters is 1. The lowest BCUT2D eigenvalue weighted by Crippen LogP contribution is -2.39. The number of hydrogen-bond acceptors (Lipinski definition) is 5. The Morgan fingerprint density at radius 1 is 1.15 bits per heavy atom. The van der Waals surface area contributed by atoms with E-state index in [1.54, 1.807) is 38.1 Å². The zero-order valence-electron chi connectivity index (χ0n) is 16.3. The maximum atomic E-state index is 12.1. The standard InChI is InChI=1S/C21H27NO5/c1-16(23)18(22-19(24)17-12-8-7-9-13-17)14-10-5-6-11-15-27-21(2,3)20(25)26-4/h7-9,12-13,18H,6,11,14-15H2,1-4H3,(H,22,24). The second kappa shape index (κ2) is 11.1. The van der Waals surface area contributed by atoms with Crippen molar-refractivity contribution in [1.82, 2.24) is 5.32 Å². The van der Waals surface area contributed by atoms with Crippen LogP contribution in [0.1, 0.15) is 50.4 Å². The molecule has 1 aromatic rings. The van der Waals surface area contributed by atoms with Crippen LogP contribution in [0.15, 0.2) is 30.3 Å². The molecule has 0 saturated carbocycles. The second-order valence-electron chi connectivity index (χ2n) is 6.51. The summed E-state index contributed by atoms with van der Waals surface area (Å²) >= 11 is 0. The Hall–Kier alpha value is -2.65. The summed E-state index contributed by atoms with van der Waals surface area (Å²) in [4.78, 5) is 35.4. The molecule has 1 unspecified atom stereocenters. The third kappa shape index (κ3) is 8.06. The second-order valence-corrected chi connectivity index (χ2v) is 6.51. The van der Waals surface area contributed by atoms with Gasteiger partial charge >= 0.3 is 5.97 Å². The third-order valence-electron chi connectivity index (χ3n) is 3.85. The summed E-state index contributed by atoms with van der Waals surface area (Å²) in [7, 11) is 1.32. The maximum Gasteiger partial charge on any atom is 0.337 e. The van der Waals surface area contributed by atoms with Gasteiger partial charge in [0.1, 0.15) is 0 Å². The summed E-state index contributed by atoms with van der Waals surface area (Å²) < 4.78 is 10.2. The van der Waals surface area contributed by atoms with E-state index in [2.05, 4.69) is 21.9 Å². The van der Waals surface area contributed by atoms with E-state index in [0.717, 1.165) is 0 Å². The van der Waals surface area contributed by atoms with Crippen LogP contribution >= 0.6 is 0 Å². The van der Waals surface area contributed by atoms with Gasteiger partial charge in [0.05, 0.1) is 13.2 Å². The number of methoxy groups -OCH3 is 1. The highest BCUT2D eigenvalue weighted by molar-refractivity contribution is 5.97. The molecule has 0 heterocycles. The van der Waals surface area contributed by atoms with Crippen molar-refractivity contribution in [1.29, 1.82) is 0 Å². The fourth-order valence-electron chi connectivity index (χ4n) is 2.18. The zero-order valence-corrected chi connectivity index (χ0v) is 16.3. The lowest BCUT2D eigenvalue weighted by molar-refractivity contribution is -0.165. The molecule has 1 amide bonds. The number of hydrogen-bond donors (Lipinski definition) is 1. The van der Waals surface area contributed by atoms with Crippen molar-refractivity contribution in [2.24, 2.45) is 0 Å². The summed E-state index contributed by atoms with van der Waals surface area (Å²) in [6.45, 7) is 5.10. The summed E-state index contributed by atoms with van der Waals surface area (Å²) in [5.74, 6) is 5.02. The van der Waals surface area contributed by atoms with Gasteiger partial charge in [-0.15, -0.1) is 11.8 Å². The number of benzene rings is 1. The quantitative estimate of drug-likeness (QED) is 0.409. The molecule has 0 aliphatic carbocycles. The van der Waals surface area contributed by atoms with E-state index < -0.39 is 17.6 Å². The van der Waals surface area contributed by atoms with Crippen LogP contribution < -0.4 is 5.32 Å². The van der Waals surface area contributed by atoms with Crippen molar-refractivity contribution >= 4 is 17.7 Å². The van der Waals surface area contributed by atoms with Crippen LogP contribution in [0, 0.1) is 11.8 Å². The van der Waals surface area contributed by atoms with Crippen molar-refractivity contribution in [3.63, 3.8) is 0 Å². The van der Waals surface area contributed by atoms with Crippen LogP contribution in [0.25, 0.3) is 0 Å². The number of unbranched alkanes of at least 4 members (excludes halogenated alkanes) is 1. The highest BCUT2D eigenvalue weighted by Gasteiger charge is 2.29. The summed E-state index contributed by atoms with van der Waals surface area (Å²) in [6, 6.07) is 8.09. The number of nitrogens with one attached hydrogen (secondary N) is 1. The Morgan fingerprint density at radius 2 is 1.81 bits per heavy atom. The Morgan fingerprint density at radius 3 is 2.41 bits per heavy atom. The fraction of sp³-hybridized carbons (Fsp3) is 0.476. The Kier molecular flexibility index (Phi) is 9.24. The first-order valence-electron chi connectivity index (χ1n) is 8.82. The largest absolute Gasteiger partial charge is 0.467 e. The first-order chi connectivity index (χ1) is 12.8. The first-order valence-corrected chi connectivity index (χ1v) is 8.82. The lowest BCUT2D eigenvalue weighted by Gasteiger charge is -2.21. The van der Waals surface area contributed by atoms with Gasteiger partial charge in [-0.25, -0.2) is 4.79 Å². The number of carbonyl (C=O) groups is 3. The van der Waals surface area contributed by atoms with Crippen LogP contribution in [-0.4, -0.2) is 43.0 Å². The molecule has 1 aromatic carbocycles. The van der Waals surface area contributed by atoms with Crippen molar-refractivity contribution in [3.8, 4) is 11.8 Å². The highest BCUT2D eigenvalue weighted by atomic mass is 16.6. The molecule has 6 heteroatoms. The van der Waals surface area contributed by atoms with Crippen molar-refractivity contribution in [2.45, 2.75) is 51.7 Å². The fourth-order valence-corrected chi connectivity index (χ4v) is 2.18. The summed E-state index contributed by atoms with van der Waals surface area (Å²) in [5, 5.41) is 2.71. The third-order valence-corrected chi connectivity index (χ3v) is 3.85. The molecule has 0 saturated heterocycles. The van der Waals surface area contributed by atoms with E-state index >= 15 is 0 Å². The van der Waals surface area contributed by atoms with Crippen LogP contribution in [0.5, 0.6) is 0 Å². The van der Waals surface area contributed by atoms with Gasteiger partial charge in [-0.05, 0) is 39.3 Å². The number of ketones is 1. The smallest absolute Gasteiger partial charge is 0.337 e. The molecule has 1 rings (SSSR count). The Bertz CT molecular complexity index is 700. The highest BCUT2D eigenvalue weighted by Crippen LogP contribution is 2.11. The molecule has 0 bridgehead atoms. The average molecular weight is 373 g/mol.